The lowest BCUT2D eigenvalue weighted by Gasteiger charge is -2.36. The summed E-state index contributed by atoms with van der Waals surface area (Å²) >= 11 is 0. The van der Waals surface area contributed by atoms with Gasteiger partial charge in [-0.2, -0.15) is 0 Å². The number of rotatable bonds is 2. The fourth-order valence-electron chi connectivity index (χ4n) is 4.88. The van der Waals surface area contributed by atoms with Gasteiger partial charge in [0, 0.05) is 5.56 Å². The van der Waals surface area contributed by atoms with Crippen LogP contribution in [0.25, 0.3) is 11.1 Å². The zero-order valence-electron chi connectivity index (χ0n) is 15.2. The van der Waals surface area contributed by atoms with E-state index in [0.29, 0.717) is 17.0 Å². The Morgan fingerprint density at radius 1 is 0.808 bits per heavy atom. The molecule has 0 spiro atoms. The maximum Gasteiger partial charge on any atom is 0.159 e. The van der Waals surface area contributed by atoms with E-state index >= 15 is 4.39 Å². The Bertz CT molecular complexity index is 803. The van der Waals surface area contributed by atoms with E-state index in [0.717, 1.165) is 54.4 Å². The average Bonchev–Trinajstić information content (AvgIpc) is 2.65. The van der Waals surface area contributed by atoms with Gasteiger partial charge in [0.15, 0.2) is 11.6 Å². The first-order chi connectivity index (χ1) is 12.5. The van der Waals surface area contributed by atoms with Crippen molar-refractivity contribution in [2.24, 2.45) is 17.8 Å². The summed E-state index contributed by atoms with van der Waals surface area (Å²) in [6.07, 6.45) is 7.96. The van der Waals surface area contributed by atoms with Crippen LogP contribution in [-0.4, -0.2) is 0 Å². The summed E-state index contributed by atoms with van der Waals surface area (Å²) < 4.78 is 41.8. The molecule has 2 aliphatic carbocycles. The quantitative estimate of drug-likeness (QED) is 0.560. The molecule has 1 unspecified atom stereocenters. The molecule has 2 aromatic rings. The molecule has 0 bridgehead atoms. The molecule has 4 rings (SSSR count). The molecular weight excluding hydrogens is 333 g/mol. The van der Waals surface area contributed by atoms with Gasteiger partial charge >= 0.3 is 0 Å². The smallest absolute Gasteiger partial charge is 0.159 e. The Labute approximate surface area is 153 Å². The molecule has 0 radical (unpaired) electrons. The van der Waals surface area contributed by atoms with Crippen LogP contribution in [0.3, 0.4) is 0 Å². The monoisotopic (exact) mass is 358 g/mol. The molecule has 0 amide bonds. The van der Waals surface area contributed by atoms with Gasteiger partial charge < -0.3 is 0 Å². The van der Waals surface area contributed by atoms with E-state index in [4.69, 9.17) is 0 Å². The van der Waals surface area contributed by atoms with Crippen molar-refractivity contribution < 1.29 is 13.2 Å². The number of fused-ring (bicyclic) bond motifs is 1. The minimum atomic E-state index is -0.939. The van der Waals surface area contributed by atoms with Crippen molar-refractivity contribution in [1.29, 1.82) is 0 Å². The van der Waals surface area contributed by atoms with Crippen LogP contribution in [0.5, 0.6) is 0 Å². The lowest BCUT2D eigenvalue weighted by atomic mass is 9.70. The van der Waals surface area contributed by atoms with Crippen LogP contribution in [-0.2, 0) is 12.8 Å². The predicted octanol–water partition coefficient (Wildman–Crippen LogP) is 6.70. The van der Waals surface area contributed by atoms with E-state index in [-0.39, 0.29) is 5.82 Å². The summed E-state index contributed by atoms with van der Waals surface area (Å²) in [4.78, 5) is 0. The van der Waals surface area contributed by atoms with E-state index in [1.807, 2.05) is 6.07 Å². The minimum Gasteiger partial charge on any atom is -0.206 e. The van der Waals surface area contributed by atoms with Crippen molar-refractivity contribution >= 4 is 0 Å². The number of benzene rings is 2. The SMILES string of the molecule is CC1CCC(C2CCc3c(ccc(-c4ccc(F)c(F)c4)c3F)C2)CC1. The molecule has 138 valence electrons. The van der Waals surface area contributed by atoms with Crippen LogP contribution in [0.15, 0.2) is 30.3 Å². The standard InChI is InChI=1S/C23H25F3/c1-14-2-4-15(5-3-14)16-6-9-19-17(12-16)7-10-20(23(19)26)18-8-11-21(24)22(25)13-18/h7-8,10-11,13-16H,2-6,9,12H2,1H3. The summed E-state index contributed by atoms with van der Waals surface area (Å²) in [6, 6.07) is 7.30. The highest BCUT2D eigenvalue weighted by molar-refractivity contribution is 5.66. The first-order valence-corrected chi connectivity index (χ1v) is 9.78. The van der Waals surface area contributed by atoms with Gasteiger partial charge in [-0.1, -0.05) is 38.0 Å². The molecule has 1 fully saturated rings. The molecule has 0 aromatic heterocycles. The van der Waals surface area contributed by atoms with Gasteiger partial charge in [-0.15, -0.1) is 0 Å². The Hall–Kier alpha value is -1.77. The summed E-state index contributed by atoms with van der Waals surface area (Å²) in [5.74, 6) is 0.169. The highest BCUT2D eigenvalue weighted by atomic mass is 19.2. The Morgan fingerprint density at radius 3 is 2.31 bits per heavy atom. The second-order valence-corrected chi connectivity index (χ2v) is 8.22. The average molecular weight is 358 g/mol. The van der Waals surface area contributed by atoms with Crippen molar-refractivity contribution in [2.45, 2.75) is 51.9 Å². The van der Waals surface area contributed by atoms with Gasteiger partial charge in [-0.3, -0.25) is 0 Å². The molecule has 0 aliphatic heterocycles. The maximum atomic E-state index is 15.1. The van der Waals surface area contributed by atoms with Gasteiger partial charge in [0.2, 0.25) is 0 Å². The molecule has 2 aliphatic rings. The van der Waals surface area contributed by atoms with E-state index in [1.54, 1.807) is 6.07 Å². The maximum absolute atomic E-state index is 15.1. The first kappa shape index (κ1) is 17.6. The molecule has 2 aromatic carbocycles. The predicted molar refractivity (Wildman–Crippen MR) is 98.4 cm³/mol. The topological polar surface area (TPSA) is 0 Å². The van der Waals surface area contributed by atoms with Crippen molar-refractivity contribution in [3.63, 3.8) is 0 Å². The van der Waals surface area contributed by atoms with Crippen LogP contribution in [0, 0.1) is 35.2 Å². The Balaban J connectivity index is 1.58. The highest BCUT2D eigenvalue weighted by Gasteiger charge is 2.30. The molecule has 0 saturated heterocycles. The van der Waals surface area contributed by atoms with Crippen molar-refractivity contribution in [3.8, 4) is 11.1 Å². The zero-order valence-corrected chi connectivity index (χ0v) is 15.2. The van der Waals surface area contributed by atoms with E-state index in [2.05, 4.69) is 6.92 Å². The summed E-state index contributed by atoms with van der Waals surface area (Å²) in [6.45, 7) is 2.33. The third kappa shape index (κ3) is 3.28. The van der Waals surface area contributed by atoms with Crippen LogP contribution in [0.2, 0.25) is 0 Å². The third-order valence-corrected chi connectivity index (χ3v) is 6.55. The number of halogens is 3. The minimum absolute atomic E-state index is 0.260. The van der Waals surface area contributed by atoms with Crippen molar-refractivity contribution in [1.82, 2.24) is 0 Å². The second kappa shape index (κ2) is 7.09. The lowest BCUT2D eigenvalue weighted by molar-refractivity contribution is 0.196. The fraction of sp³-hybridized carbons (Fsp3) is 0.478. The van der Waals surface area contributed by atoms with Gasteiger partial charge in [0.05, 0.1) is 0 Å². The molecule has 0 heterocycles. The van der Waals surface area contributed by atoms with Crippen LogP contribution >= 0.6 is 0 Å². The fourth-order valence-corrected chi connectivity index (χ4v) is 4.88. The van der Waals surface area contributed by atoms with E-state index < -0.39 is 11.6 Å². The molecule has 3 heteroatoms. The summed E-state index contributed by atoms with van der Waals surface area (Å²) in [5.41, 5.74) is 2.64. The van der Waals surface area contributed by atoms with Gasteiger partial charge in [0.25, 0.3) is 0 Å². The normalized spacial score (nSPS) is 25.8. The van der Waals surface area contributed by atoms with Crippen molar-refractivity contribution in [3.05, 3.63) is 58.9 Å². The summed E-state index contributed by atoms with van der Waals surface area (Å²) in [7, 11) is 0. The molecule has 1 atom stereocenters. The van der Waals surface area contributed by atoms with E-state index in [9.17, 15) is 8.78 Å². The van der Waals surface area contributed by atoms with E-state index in [1.165, 1.54) is 31.7 Å². The van der Waals surface area contributed by atoms with Gasteiger partial charge in [-0.05, 0) is 78.7 Å². The molecular formula is C23H25F3. The molecule has 0 N–H and O–H groups in total. The summed E-state index contributed by atoms with van der Waals surface area (Å²) in [5, 5.41) is 0. The number of hydrogen-bond acceptors (Lipinski definition) is 0. The van der Waals surface area contributed by atoms with Crippen LogP contribution < -0.4 is 0 Å². The van der Waals surface area contributed by atoms with Gasteiger partial charge in [-0.25, -0.2) is 13.2 Å². The second-order valence-electron chi connectivity index (χ2n) is 8.22. The van der Waals surface area contributed by atoms with Gasteiger partial charge in [0.1, 0.15) is 5.82 Å². The number of hydrogen-bond donors (Lipinski definition) is 0. The van der Waals surface area contributed by atoms with Crippen molar-refractivity contribution in [2.75, 3.05) is 0 Å². The van der Waals surface area contributed by atoms with Crippen LogP contribution in [0.4, 0.5) is 13.2 Å². The Morgan fingerprint density at radius 2 is 1.58 bits per heavy atom. The Kier molecular flexibility index (Phi) is 4.81. The molecule has 0 nitrogen and oxygen atoms in total. The highest BCUT2D eigenvalue weighted by Crippen LogP contribution is 2.41. The molecule has 1 saturated carbocycles. The third-order valence-electron chi connectivity index (χ3n) is 6.55. The first-order valence-electron chi connectivity index (χ1n) is 9.78. The largest absolute Gasteiger partial charge is 0.206 e. The zero-order chi connectivity index (χ0) is 18.3. The lowest BCUT2D eigenvalue weighted by Crippen LogP contribution is -2.26. The van der Waals surface area contributed by atoms with Crippen LogP contribution in [0.1, 0.15) is 50.2 Å². The molecule has 26 heavy (non-hydrogen) atoms.